The molecule has 0 saturated heterocycles. The van der Waals surface area contributed by atoms with Crippen molar-refractivity contribution in [3.8, 4) is 5.75 Å². The minimum absolute atomic E-state index is 0.0366. The first kappa shape index (κ1) is 13.3. The number of Topliss-reactive ketones (excluding diaryl/α,β-unsaturated/α-hetero) is 1. The molecular weight excluding hydrogens is 238 g/mol. The topological polar surface area (TPSA) is 50.2 Å². The van der Waals surface area contributed by atoms with E-state index in [1.165, 1.54) is 0 Å². The summed E-state index contributed by atoms with van der Waals surface area (Å²) < 4.78 is 0. The number of aryl methyl sites for hydroxylation is 1. The molecule has 3 nitrogen and oxygen atoms in total. The molecule has 2 aromatic rings. The highest BCUT2D eigenvalue weighted by atomic mass is 16.3. The number of carbonyl (C=O) groups is 1. The van der Waals surface area contributed by atoms with Gasteiger partial charge in [0.2, 0.25) is 0 Å². The molecule has 0 fully saturated rings. The Morgan fingerprint density at radius 3 is 2.63 bits per heavy atom. The standard InChI is InChI=1S/C16H17NO2/c1-11-3-4-15(18)14(9-11)16(19)10-12(2)13-5-7-17-8-6-13/h3-9,12,18H,10H2,1-2H3. The second kappa shape index (κ2) is 5.65. The Bertz CT molecular complexity index is 579. The molecule has 19 heavy (non-hydrogen) atoms. The minimum atomic E-state index is -0.0366. The predicted octanol–water partition coefficient (Wildman–Crippen LogP) is 3.47. The van der Waals surface area contributed by atoms with Gasteiger partial charge in [0.25, 0.3) is 0 Å². The molecule has 98 valence electrons. The normalized spacial score (nSPS) is 12.1. The van der Waals surface area contributed by atoms with Gasteiger partial charge in [-0.05, 0) is 42.7 Å². The lowest BCUT2D eigenvalue weighted by Crippen LogP contribution is -2.05. The lowest BCUT2D eigenvalue weighted by atomic mass is 9.93. The highest BCUT2D eigenvalue weighted by Gasteiger charge is 2.16. The summed E-state index contributed by atoms with van der Waals surface area (Å²) in [6, 6.07) is 8.91. The van der Waals surface area contributed by atoms with Crippen LogP contribution in [0.25, 0.3) is 0 Å². The van der Waals surface area contributed by atoms with Gasteiger partial charge in [0.05, 0.1) is 5.56 Å². The molecule has 0 aliphatic heterocycles. The second-order valence-corrected chi connectivity index (χ2v) is 4.83. The molecule has 1 unspecified atom stereocenters. The van der Waals surface area contributed by atoms with E-state index in [2.05, 4.69) is 4.98 Å². The third kappa shape index (κ3) is 3.19. The van der Waals surface area contributed by atoms with Crippen molar-refractivity contribution in [3.05, 3.63) is 59.4 Å². The molecule has 0 amide bonds. The van der Waals surface area contributed by atoms with E-state index >= 15 is 0 Å². The summed E-state index contributed by atoms with van der Waals surface area (Å²) in [6.07, 6.45) is 3.82. The Morgan fingerprint density at radius 2 is 1.95 bits per heavy atom. The number of phenols is 1. The predicted molar refractivity (Wildman–Crippen MR) is 74.4 cm³/mol. The van der Waals surface area contributed by atoms with E-state index in [-0.39, 0.29) is 17.5 Å². The number of hydrogen-bond donors (Lipinski definition) is 1. The van der Waals surface area contributed by atoms with Crippen LogP contribution in [0.1, 0.15) is 40.7 Å². The maximum atomic E-state index is 12.2. The number of nitrogens with zero attached hydrogens (tertiary/aromatic N) is 1. The van der Waals surface area contributed by atoms with Gasteiger partial charge >= 0.3 is 0 Å². The summed E-state index contributed by atoms with van der Waals surface area (Å²) in [5.74, 6) is 0.124. The molecule has 1 N–H and O–H groups in total. The molecule has 0 saturated carbocycles. The molecule has 0 spiro atoms. The summed E-state index contributed by atoms with van der Waals surface area (Å²) in [6.45, 7) is 3.91. The van der Waals surface area contributed by atoms with Crippen molar-refractivity contribution in [2.45, 2.75) is 26.2 Å². The van der Waals surface area contributed by atoms with Crippen molar-refractivity contribution in [1.82, 2.24) is 4.98 Å². The van der Waals surface area contributed by atoms with Gasteiger partial charge < -0.3 is 5.11 Å². The first-order valence-electron chi connectivity index (χ1n) is 6.30. The Morgan fingerprint density at radius 1 is 1.26 bits per heavy atom. The highest BCUT2D eigenvalue weighted by Crippen LogP contribution is 2.25. The smallest absolute Gasteiger partial charge is 0.167 e. The van der Waals surface area contributed by atoms with Crippen molar-refractivity contribution < 1.29 is 9.90 Å². The van der Waals surface area contributed by atoms with E-state index in [0.717, 1.165) is 11.1 Å². The largest absolute Gasteiger partial charge is 0.507 e. The number of phenolic OH excluding ortho intramolecular Hbond substituents is 1. The molecule has 1 atom stereocenters. The van der Waals surface area contributed by atoms with Crippen molar-refractivity contribution in [1.29, 1.82) is 0 Å². The molecule has 1 aromatic carbocycles. The quantitative estimate of drug-likeness (QED) is 0.851. The first-order chi connectivity index (χ1) is 9.08. The van der Waals surface area contributed by atoms with Crippen LogP contribution in [-0.4, -0.2) is 15.9 Å². The van der Waals surface area contributed by atoms with Crippen LogP contribution in [0.3, 0.4) is 0 Å². The summed E-state index contributed by atoms with van der Waals surface area (Å²) in [7, 11) is 0. The Labute approximate surface area is 112 Å². The van der Waals surface area contributed by atoms with Gasteiger partial charge in [0.15, 0.2) is 5.78 Å². The monoisotopic (exact) mass is 255 g/mol. The van der Waals surface area contributed by atoms with Gasteiger partial charge in [-0.25, -0.2) is 0 Å². The lowest BCUT2D eigenvalue weighted by Gasteiger charge is -2.11. The van der Waals surface area contributed by atoms with Gasteiger partial charge in [-0.3, -0.25) is 9.78 Å². The van der Waals surface area contributed by atoms with Crippen LogP contribution in [0.2, 0.25) is 0 Å². The van der Waals surface area contributed by atoms with E-state index in [1.807, 2.05) is 26.0 Å². The summed E-state index contributed by atoms with van der Waals surface area (Å²) >= 11 is 0. The molecular formula is C16H17NO2. The zero-order valence-corrected chi connectivity index (χ0v) is 11.1. The zero-order chi connectivity index (χ0) is 13.8. The fraction of sp³-hybridized carbons (Fsp3) is 0.250. The van der Waals surface area contributed by atoms with Crippen molar-refractivity contribution >= 4 is 5.78 Å². The van der Waals surface area contributed by atoms with Crippen molar-refractivity contribution in [3.63, 3.8) is 0 Å². The molecule has 1 aromatic heterocycles. The number of aromatic hydroxyl groups is 1. The van der Waals surface area contributed by atoms with E-state index in [9.17, 15) is 9.90 Å². The molecule has 2 rings (SSSR count). The maximum absolute atomic E-state index is 12.2. The van der Waals surface area contributed by atoms with E-state index in [1.54, 1.807) is 30.6 Å². The summed E-state index contributed by atoms with van der Waals surface area (Å²) in [5, 5.41) is 9.76. The average Bonchev–Trinajstić information content (AvgIpc) is 2.42. The zero-order valence-electron chi connectivity index (χ0n) is 11.1. The lowest BCUT2D eigenvalue weighted by molar-refractivity contribution is 0.0973. The van der Waals surface area contributed by atoms with Crippen LogP contribution in [0.5, 0.6) is 5.75 Å². The summed E-state index contributed by atoms with van der Waals surface area (Å²) in [5.41, 5.74) is 2.45. The van der Waals surface area contributed by atoms with Crippen molar-refractivity contribution in [2.75, 3.05) is 0 Å². The molecule has 0 aliphatic carbocycles. The van der Waals surface area contributed by atoms with Crippen LogP contribution < -0.4 is 0 Å². The number of ketones is 1. The number of aromatic nitrogens is 1. The number of hydrogen-bond acceptors (Lipinski definition) is 3. The number of rotatable bonds is 4. The van der Waals surface area contributed by atoms with E-state index in [0.29, 0.717) is 12.0 Å². The average molecular weight is 255 g/mol. The van der Waals surface area contributed by atoms with Gasteiger partial charge in [-0.15, -0.1) is 0 Å². The third-order valence-corrected chi connectivity index (χ3v) is 3.22. The SMILES string of the molecule is Cc1ccc(O)c(C(=O)CC(C)c2ccncc2)c1. The van der Waals surface area contributed by atoms with Crippen LogP contribution in [-0.2, 0) is 0 Å². The summed E-state index contributed by atoms with van der Waals surface area (Å²) in [4.78, 5) is 16.2. The maximum Gasteiger partial charge on any atom is 0.167 e. The van der Waals surface area contributed by atoms with E-state index < -0.39 is 0 Å². The van der Waals surface area contributed by atoms with Crippen LogP contribution >= 0.6 is 0 Å². The van der Waals surface area contributed by atoms with Crippen molar-refractivity contribution in [2.24, 2.45) is 0 Å². The Kier molecular flexibility index (Phi) is 3.95. The second-order valence-electron chi connectivity index (χ2n) is 4.83. The molecule has 0 bridgehead atoms. The van der Waals surface area contributed by atoms with Crippen LogP contribution in [0.15, 0.2) is 42.7 Å². The number of benzene rings is 1. The molecule has 0 aliphatic rings. The van der Waals surface area contributed by atoms with Crippen LogP contribution in [0.4, 0.5) is 0 Å². The Balaban J connectivity index is 2.15. The van der Waals surface area contributed by atoms with Crippen LogP contribution in [0, 0.1) is 6.92 Å². The first-order valence-corrected chi connectivity index (χ1v) is 6.30. The van der Waals surface area contributed by atoms with Gasteiger partial charge in [0, 0.05) is 18.8 Å². The molecule has 0 radical (unpaired) electrons. The minimum Gasteiger partial charge on any atom is -0.507 e. The number of carbonyl (C=O) groups excluding carboxylic acids is 1. The fourth-order valence-electron chi connectivity index (χ4n) is 2.07. The van der Waals surface area contributed by atoms with Gasteiger partial charge in [-0.2, -0.15) is 0 Å². The molecule has 1 heterocycles. The van der Waals surface area contributed by atoms with Gasteiger partial charge in [-0.1, -0.05) is 18.6 Å². The molecule has 3 heteroatoms. The highest BCUT2D eigenvalue weighted by molar-refractivity contribution is 5.99. The number of pyridine rings is 1. The van der Waals surface area contributed by atoms with E-state index in [4.69, 9.17) is 0 Å². The fourth-order valence-corrected chi connectivity index (χ4v) is 2.07. The Hall–Kier alpha value is -2.16. The third-order valence-electron chi connectivity index (χ3n) is 3.22. The van der Waals surface area contributed by atoms with Gasteiger partial charge in [0.1, 0.15) is 5.75 Å².